The van der Waals surface area contributed by atoms with Gasteiger partial charge >= 0.3 is 0 Å². The van der Waals surface area contributed by atoms with Crippen molar-refractivity contribution < 1.29 is 18.0 Å². The molecule has 10 heteroatoms. The molecule has 0 saturated carbocycles. The van der Waals surface area contributed by atoms with Crippen LogP contribution in [0.25, 0.3) is 11.0 Å². The minimum atomic E-state index is -3.58. The number of anilines is 1. The molecule has 0 spiro atoms. The number of nitrogens with zero attached hydrogens (tertiary/aromatic N) is 4. The number of nitrogens with one attached hydrogen (secondary N) is 1. The molecular weight excluding hydrogens is 466 g/mol. The Labute approximate surface area is 205 Å². The topological polar surface area (TPSA) is 105 Å². The average molecular weight is 498 g/mol. The lowest BCUT2D eigenvalue weighted by molar-refractivity contribution is -0.133. The Morgan fingerprint density at radius 2 is 1.54 bits per heavy atom. The summed E-state index contributed by atoms with van der Waals surface area (Å²) in [6, 6.07) is 16.0. The highest BCUT2D eigenvalue weighted by Gasteiger charge is 2.30. The van der Waals surface area contributed by atoms with Crippen LogP contribution in [0.15, 0.2) is 59.5 Å². The number of carbonyl (C=O) groups is 2. The first-order valence-electron chi connectivity index (χ1n) is 11.7. The van der Waals surface area contributed by atoms with Crippen LogP contribution in [0.5, 0.6) is 0 Å². The van der Waals surface area contributed by atoms with Gasteiger partial charge in [0.15, 0.2) is 0 Å². The number of benzene rings is 2. The molecule has 2 heterocycles. The van der Waals surface area contributed by atoms with Crippen molar-refractivity contribution in [1.29, 1.82) is 0 Å². The Hall–Kier alpha value is -3.24. The van der Waals surface area contributed by atoms with Crippen molar-refractivity contribution in [2.24, 2.45) is 0 Å². The molecule has 1 fully saturated rings. The molecule has 186 valence electrons. The third kappa shape index (κ3) is 5.38. The Balaban J connectivity index is 1.33. The molecule has 0 aliphatic carbocycles. The molecule has 1 aliphatic heterocycles. The van der Waals surface area contributed by atoms with Crippen LogP contribution < -0.4 is 5.32 Å². The van der Waals surface area contributed by atoms with Crippen molar-refractivity contribution >= 4 is 38.8 Å². The fraction of sp³-hybridized carbons (Fsp3) is 0.400. The summed E-state index contributed by atoms with van der Waals surface area (Å²) in [6.45, 7) is 7.17. The van der Waals surface area contributed by atoms with E-state index in [0.29, 0.717) is 19.0 Å². The number of carbonyl (C=O) groups excluding carboxylic acids is 2. The van der Waals surface area contributed by atoms with E-state index in [1.54, 1.807) is 35.2 Å². The molecule has 1 saturated heterocycles. The third-order valence-electron chi connectivity index (χ3n) is 6.02. The lowest BCUT2D eigenvalue weighted by Crippen LogP contribution is -2.50. The molecule has 1 aliphatic rings. The zero-order valence-corrected chi connectivity index (χ0v) is 21.1. The standard InChI is InChI=1S/C25H31N5O4S/c1-25(2,3)30-21-12-8-7-11-20(21)26-24(30)27-22(31)13-14-23(32)28-15-17-29(18-16-28)35(33,34)19-9-5-4-6-10-19/h4-12H,13-18H2,1-3H3,(H,26,27,31). The minimum absolute atomic E-state index is 0.0225. The van der Waals surface area contributed by atoms with Crippen LogP contribution in [0, 0.1) is 0 Å². The summed E-state index contributed by atoms with van der Waals surface area (Å²) in [5, 5.41) is 2.86. The zero-order valence-electron chi connectivity index (χ0n) is 20.3. The van der Waals surface area contributed by atoms with Crippen molar-refractivity contribution in [1.82, 2.24) is 18.8 Å². The van der Waals surface area contributed by atoms with Gasteiger partial charge in [0.2, 0.25) is 27.8 Å². The van der Waals surface area contributed by atoms with Crippen molar-refractivity contribution in [3.8, 4) is 0 Å². The molecule has 2 aromatic carbocycles. The summed E-state index contributed by atoms with van der Waals surface area (Å²) in [4.78, 5) is 31.8. The third-order valence-corrected chi connectivity index (χ3v) is 7.93. The molecule has 0 radical (unpaired) electrons. The predicted octanol–water partition coefficient (Wildman–Crippen LogP) is 3.04. The fourth-order valence-corrected chi connectivity index (χ4v) is 5.72. The first-order valence-corrected chi connectivity index (χ1v) is 13.1. The van der Waals surface area contributed by atoms with E-state index in [0.717, 1.165) is 11.0 Å². The number of piperazine rings is 1. The van der Waals surface area contributed by atoms with Crippen LogP contribution in [-0.2, 0) is 25.2 Å². The number of para-hydroxylation sites is 2. The maximum absolute atomic E-state index is 12.8. The maximum Gasteiger partial charge on any atom is 0.243 e. The van der Waals surface area contributed by atoms with Crippen LogP contribution >= 0.6 is 0 Å². The van der Waals surface area contributed by atoms with Gasteiger partial charge in [-0.15, -0.1) is 0 Å². The van der Waals surface area contributed by atoms with Gasteiger partial charge in [0, 0.05) is 44.6 Å². The Morgan fingerprint density at radius 3 is 2.20 bits per heavy atom. The van der Waals surface area contributed by atoms with Crippen LogP contribution in [0.3, 0.4) is 0 Å². The molecule has 4 rings (SSSR count). The highest BCUT2D eigenvalue weighted by Crippen LogP contribution is 2.28. The largest absolute Gasteiger partial charge is 0.340 e. The number of imidazole rings is 1. The molecule has 0 bridgehead atoms. The van der Waals surface area contributed by atoms with Gasteiger partial charge < -0.3 is 9.47 Å². The number of fused-ring (bicyclic) bond motifs is 1. The number of sulfonamides is 1. The van der Waals surface area contributed by atoms with Crippen LogP contribution in [0.4, 0.5) is 5.95 Å². The van der Waals surface area contributed by atoms with Gasteiger partial charge in [-0.2, -0.15) is 4.31 Å². The molecule has 1 N–H and O–H groups in total. The van der Waals surface area contributed by atoms with Gasteiger partial charge in [-0.05, 0) is 45.0 Å². The lowest BCUT2D eigenvalue weighted by Gasteiger charge is -2.34. The van der Waals surface area contributed by atoms with Crippen LogP contribution in [0.1, 0.15) is 33.6 Å². The van der Waals surface area contributed by atoms with E-state index < -0.39 is 10.0 Å². The number of hydrogen-bond donors (Lipinski definition) is 1. The molecular formula is C25H31N5O4S. The minimum Gasteiger partial charge on any atom is -0.340 e. The van der Waals surface area contributed by atoms with E-state index in [-0.39, 0.29) is 48.2 Å². The fourth-order valence-electron chi connectivity index (χ4n) is 4.27. The van der Waals surface area contributed by atoms with Gasteiger partial charge in [0.25, 0.3) is 0 Å². The Bertz CT molecular complexity index is 1320. The number of amides is 2. The lowest BCUT2D eigenvalue weighted by atomic mass is 10.1. The summed E-state index contributed by atoms with van der Waals surface area (Å²) in [7, 11) is -3.58. The van der Waals surface area contributed by atoms with E-state index >= 15 is 0 Å². The predicted molar refractivity (Wildman–Crippen MR) is 134 cm³/mol. The second-order valence-corrected chi connectivity index (χ2v) is 11.5. The van der Waals surface area contributed by atoms with Crippen molar-refractivity contribution in [3.05, 3.63) is 54.6 Å². The number of hydrogen-bond acceptors (Lipinski definition) is 5. The van der Waals surface area contributed by atoms with Gasteiger partial charge in [0.1, 0.15) is 0 Å². The molecule has 35 heavy (non-hydrogen) atoms. The Morgan fingerprint density at radius 1 is 0.914 bits per heavy atom. The van der Waals surface area contributed by atoms with E-state index in [1.807, 2.05) is 49.6 Å². The van der Waals surface area contributed by atoms with Gasteiger partial charge in [0.05, 0.1) is 15.9 Å². The quantitative estimate of drug-likeness (QED) is 0.564. The van der Waals surface area contributed by atoms with E-state index in [2.05, 4.69) is 10.3 Å². The summed E-state index contributed by atoms with van der Waals surface area (Å²) in [6.07, 6.45) is 0.0712. The normalized spacial score (nSPS) is 15.3. The van der Waals surface area contributed by atoms with E-state index in [4.69, 9.17) is 0 Å². The van der Waals surface area contributed by atoms with Crippen molar-refractivity contribution in [2.45, 2.75) is 44.0 Å². The smallest absolute Gasteiger partial charge is 0.243 e. The van der Waals surface area contributed by atoms with Gasteiger partial charge in [-0.1, -0.05) is 30.3 Å². The molecule has 0 atom stereocenters. The Kier molecular flexibility index (Phi) is 6.95. The summed E-state index contributed by atoms with van der Waals surface area (Å²) in [5.74, 6) is 0.00145. The summed E-state index contributed by atoms with van der Waals surface area (Å²) in [5.41, 5.74) is 1.42. The first kappa shape index (κ1) is 24.9. The van der Waals surface area contributed by atoms with E-state index in [9.17, 15) is 18.0 Å². The van der Waals surface area contributed by atoms with Crippen molar-refractivity contribution in [2.75, 3.05) is 31.5 Å². The summed E-state index contributed by atoms with van der Waals surface area (Å²) >= 11 is 0. The molecule has 3 aromatic rings. The summed E-state index contributed by atoms with van der Waals surface area (Å²) < 4.78 is 28.9. The monoisotopic (exact) mass is 497 g/mol. The van der Waals surface area contributed by atoms with Crippen molar-refractivity contribution in [3.63, 3.8) is 0 Å². The highest BCUT2D eigenvalue weighted by molar-refractivity contribution is 7.89. The second kappa shape index (κ2) is 9.79. The highest BCUT2D eigenvalue weighted by atomic mass is 32.2. The molecule has 1 aromatic heterocycles. The van der Waals surface area contributed by atoms with Crippen LogP contribution in [-0.4, -0.2) is 65.2 Å². The molecule has 2 amide bonds. The first-order chi connectivity index (χ1) is 16.6. The zero-order chi connectivity index (χ0) is 25.2. The van der Waals surface area contributed by atoms with Gasteiger partial charge in [-0.25, -0.2) is 13.4 Å². The number of aromatic nitrogens is 2. The SMILES string of the molecule is CC(C)(C)n1c(NC(=O)CCC(=O)N2CCN(S(=O)(=O)c3ccccc3)CC2)nc2ccccc21. The second-order valence-electron chi connectivity index (χ2n) is 9.58. The molecule has 9 nitrogen and oxygen atoms in total. The van der Waals surface area contributed by atoms with Crippen LogP contribution in [0.2, 0.25) is 0 Å². The number of rotatable bonds is 6. The van der Waals surface area contributed by atoms with E-state index in [1.165, 1.54) is 4.31 Å². The average Bonchev–Trinajstić information content (AvgIpc) is 3.21. The maximum atomic E-state index is 12.8. The molecule has 0 unspecified atom stereocenters. The van der Waals surface area contributed by atoms with Gasteiger partial charge in [-0.3, -0.25) is 14.9 Å².